The Morgan fingerprint density at radius 2 is 1.63 bits per heavy atom. The Balaban J connectivity index is 3.97. The molecule has 0 N–H and O–H groups in total. The second-order valence-corrected chi connectivity index (χ2v) is 4.64. The fraction of sp³-hybridized carbons (Fsp3) is 0.800. The zero-order chi connectivity index (χ0) is 14.4. The van der Waals surface area contributed by atoms with Gasteiger partial charge in [0.2, 0.25) is 0 Å². The summed E-state index contributed by atoms with van der Waals surface area (Å²) in [5.74, 6) is -0.604. The Hall–Kier alpha value is -0.870. The maximum atomic E-state index is 10.0. The molecule has 0 aliphatic rings. The lowest BCUT2D eigenvalue weighted by atomic mass is 10.0. The van der Waals surface area contributed by atoms with Crippen LogP contribution in [-0.4, -0.2) is 26.5 Å². The average molecular weight is 272 g/mol. The molecule has 112 valence electrons. The van der Waals surface area contributed by atoms with Gasteiger partial charge in [-0.2, -0.15) is 0 Å². The van der Waals surface area contributed by atoms with Crippen LogP contribution in [0.25, 0.3) is 0 Å². The molecule has 0 amide bonds. The quantitative estimate of drug-likeness (QED) is 0.221. The van der Waals surface area contributed by atoms with Gasteiger partial charge in [-0.15, -0.1) is 0 Å². The first-order valence-electron chi connectivity index (χ1n) is 7.09. The van der Waals surface area contributed by atoms with Gasteiger partial charge in [0.1, 0.15) is 0 Å². The van der Waals surface area contributed by atoms with Crippen LogP contribution in [0.2, 0.25) is 0 Å². The van der Waals surface area contributed by atoms with Crippen LogP contribution in [-0.2, 0) is 19.0 Å². The van der Waals surface area contributed by atoms with Crippen molar-refractivity contribution in [3.8, 4) is 0 Å². The molecule has 4 nitrogen and oxygen atoms in total. The second kappa shape index (κ2) is 12.2. The number of ether oxygens (including phenoxy) is 3. The normalized spacial score (nSPS) is 11.9. The number of carbonyl (C=O) groups is 1. The molecule has 4 heteroatoms. The van der Waals surface area contributed by atoms with Crippen LogP contribution in [0.4, 0.5) is 0 Å². The monoisotopic (exact) mass is 272 g/mol. The molecule has 0 bridgehead atoms. The number of methoxy groups -OCH3 is 2. The molecule has 0 rings (SSSR count). The molecule has 0 aliphatic carbocycles. The van der Waals surface area contributed by atoms with Gasteiger partial charge in [-0.25, -0.2) is 0 Å². The first-order chi connectivity index (χ1) is 9.24. The van der Waals surface area contributed by atoms with Crippen molar-refractivity contribution in [1.29, 1.82) is 0 Å². The number of hydrogen-bond donors (Lipinski definition) is 0. The predicted molar refractivity (Wildman–Crippen MR) is 75.6 cm³/mol. The summed E-state index contributed by atoms with van der Waals surface area (Å²) in [5.41, 5.74) is 0. The van der Waals surface area contributed by atoms with Gasteiger partial charge in [-0.1, -0.05) is 39.0 Å². The van der Waals surface area contributed by atoms with Crippen molar-refractivity contribution in [2.45, 2.75) is 64.1 Å². The third kappa shape index (κ3) is 8.78. The smallest absolute Gasteiger partial charge is 0.297 e. The van der Waals surface area contributed by atoms with E-state index >= 15 is 0 Å². The summed E-state index contributed by atoms with van der Waals surface area (Å²) in [6, 6.07) is 0. The van der Waals surface area contributed by atoms with E-state index in [0.29, 0.717) is 12.9 Å². The fourth-order valence-electron chi connectivity index (χ4n) is 2.05. The molecular weight excluding hydrogens is 244 g/mol. The molecule has 0 aliphatic heterocycles. The third-order valence-corrected chi connectivity index (χ3v) is 3.31. The molecule has 0 atom stereocenters. The average Bonchev–Trinajstić information content (AvgIpc) is 2.45. The molecule has 0 saturated carbocycles. The van der Waals surface area contributed by atoms with Crippen LogP contribution in [0.1, 0.15) is 58.3 Å². The third-order valence-electron chi connectivity index (χ3n) is 3.31. The maximum Gasteiger partial charge on any atom is 0.297 e. The Morgan fingerprint density at radius 3 is 2.21 bits per heavy atom. The highest BCUT2D eigenvalue weighted by atomic mass is 16.7. The number of carbonyl (C=O) groups excluding carboxylic acids is 1. The van der Waals surface area contributed by atoms with Crippen LogP contribution < -0.4 is 0 Å². The molecule has 0 aromatic heterocycles. The molecule has 19 heavy (non-hydrogen) atoms. The van der Waals surface area contributed by atoms with Crippen molar-refractivity contribution in [2.75, 3.05) is 14.2 Å². The van der Waals surface area contributed by atoms with E-state index in [-0.39, 0.29) is 0 Å². The summed E-state index contributed by atoms with van der Waals surface area (Å²) in [5, 5.41) is 0. The SMILES string of the molecule is CCCCCCCCC(CC=COC=O)(OC)OC. The topological polar surface area (TPSA) is 44.8 Å². The van der Waals surface area contributed by atoms with E-state index in [4.69, 9.17) is 9.47 Å². The molecule has 0 radical (unpaired) electrons. The van der Waals surface area contributed by atoms with E-state index < -0.39 is 5.79 Å². The first kappa shape index (κ1) is 18.1. The molecule has 0 unspecified atom stereocenters. The van der Waals surface area contributed by atoms with Gasteiger partial charge in [-0.3, -0.25) is 4.79 Å². The van der Waals surface area contributed by atoms with Crippen molar-refractivity contribution in [3.05, 3.63) is 12.3 Å². The van der Waals surface area contributed by atoms with Gasteiger partial charge < -0.3 is 14.2 Å². The minimum atomic E-state index is -0.604. The zero-order valence-corrected chi connectivity index (χ0v) is 12.5. The highest BCUT2D eigenvalue weighted by Gasteiger charge is 2.27. The summed E-state index contributed by atoms with van der Waals surface area (Å²) >= 11 is 0. The van der Waals surface area contributed by atoms with E-state index in [2.05, 4.69) is 11.7 Å². The van der Waals surface area contributed by atoms with E-state index in [0.717, 1.165) is 12.8 Å². The molecular formula is C15H28O4. The molecule has 0 aromatic rings. The molecule has 0 spiro atoms. The lowest BCUT2D eigenvalue weighted by Gasteiger charge is -2.29. The Kier molecular flexibility index (Phi) is 11.6. The van der Waals surface area contributed by atoms with E-state index in [1.54, 1.807) is 20.3 Å². The van der Waals surface area contributed by atoms with E-state index in [1.165, 1.54) is 38.4 Å². The summed E-state index contributed by atoms with van der Waals surface area (Å²) < 4.78 is 15.5. The number of unbranched alkanes of at least 4 members (excludes halogenated alkanes) is 5. The lowest BCUT2D eigenvalue weighted by Crippen LogP contribution is -2.33. The van der Waals surface area contributed by atoms with Crippen molar-refractivity contribution < 1.29 is 19.0 Å². The summed E-state index contributed by atoms with van der Waals surface area (Å²) in [6.45, 7) is 2.61. The van der Waals surface area contributed by atoms with Gasteiger partial charge in [-0.05, 0) is 12.5 Å². The van der Waals surface area contributed by atoms with Crippen LogP contribution in [0.15, 0.2) is 12.3 Å². The highest BCUT2D eigenvalue weighted by Crippen LogP contribution is 2.25. The number of hydrogen-bond acceptors (Lipinski definition) is 4. The van der Waals surface area contributed by atoms with Crippen LogP contribution in [0, 0.1) is 0 Å². The highest BCUT2D eigenvalue weighted by molar-refractivity contribution is 5.38. The Labute approximate surface area is 117 Å². The summed E-state index contributed by atoms with van der Waals surface area (Å²) in [4.78, 5) is 10.0. The van der Waals surface area contributed by atoms with Crippen molar-refractivity contribution in [2.24, 2.45) is 0 Å². The van der Waals surface area contributed by atoms with Crippen molar-refractivity contribution >= 4 is 6.47 Å². The van der Waals surface area contributed by atoms with Gasteiger partial charge in [0.25, 0.3) is 6.47 Å². The minimum Gasteiger partial charge on any atom is -0.437 e. The summed E-state index contributed by atoms with van der Waals surface area (Å²) in [6.07, 6.45) is 11.9. The Bertz CT molecular complexity index is 234. The zero-order valence-electron chi connectivity index (χ0n) is 12.5. The van der Waals surface area contributed by atoms with Crippen molar-refractivity contribution in [3.63, 3.8) is 0 Å². The largest absolute Gasteiger partial charge is 0.437 e. The van der Waals surface area contributed by atoms with Crippen LogP contribution >= 0.6 is 0 Å². The number of rotatable bonds is 13. The standard InChI is InChI=1S/C15H28O4/c1-4-5-6-7-8-9-11-15(17-2,18-3)12-10-13-19-14-16/h10,13-14H,4-9,11-12H2,1-3H3. The fourth-order valence-corrected chi connectivity index (χ4v) is 2.05. The van der Waals surface area contributed by atoms with Gasteiger partial charge in [0, 0.05) is 27.1 Å². The molecule has 0 saturated heterocycles. The van der Waals surface area contributed by atoms with Crippen LogP contribution in [0.5, 0.6) is 0 Å². The molecule has 0 aromatic carbocycles. The van der Waals surface area contributed by atoms with Crippen molar-refractivity contribution in [1.82, 2.24) is 0 Å². The maximum absolute atomic E-state index is 10.0. The van der Waals surface area contributed by atoms with E-state index in [9.17, 15) is 4.79 Å². The minimum absolute atomic E-state index is 0.394. The first-order valence-corrected chi connectivity index (χ1v) is 7.09. The van der Waals surface area contributed by atoms with E-state index in [1.807, 2.05) is 0 Å². The lowest BCUT2D eigenvalue weighted by molar-refractivity contribution is -0.209. The van der Waals surface area contributed by atoms with Gasteiger partial charge in [0.05, 0.1) is 6.26 Å². The molecule has 0 heterocycles. The molecule has 0 fully saturated rings. The van der Waals surface area contributed by atoms with Gasteiger partial charge >= 0.3 is 0 Å². The summed E-state index contributed by atoms with van der Waals surface area (Å²) in [7, 11) is 3.30. The van der Waals surface area contributed by atoms with Gasteiger partial charge in [0.15, 0.2) is 5.79 Å². The Morgan fingerprint density at radius 1 is 1.00 bits per heavy atom. The van der Waals surface area contributed by atoms with Crippen LogP contribution in [0.3, 0.4) is 0 Å². The second-order valence-electron chi connectivity index (χ2n) is 4.64. The predicted octanol–water partition coefficient (Wildman–Crippen LogP) is 3.80.